The standard InChI is InChI=1S/C18H21F3N4O2/c1-26-17(7-3-4-8-17)14-23-15(27-24-14)16(18(19,20)21)9-11-25(12-16)13-6-2-5-10-22-13/h2,5-6,10H,3-4,7-9,11-12H2,1H3. The fourth-order valence-corrected chi connectivity index (χ4v) is 4.14. The minimum atomic E-state index is -4.52. The van der Waals surface area contributed by atoms with Gasteiger partial charge in [0.15, 0.2) is 5.41 Å². The van der Waals surface area contributed by atoms with Crippen LogP contribution in [0.5, 0.6) is 0 Å². The van der Waals surface area contributed by atoms with Crippen LogP contribution in [-0.4, -0.2) is 41.5 Å². The number of rotatable bonds is 4. The summed E-state index contributed by atoms with van der Waals surface area (Å²) >= 11 is 0. The maximum absolute atomic E-state index is 14.1. The summed E-state index contributed by atoms with van der Waals surface area (Å²) in [4.78, 5) is 9.99. The Morgan fingerprint density at radius 2 is 1.96 bits per heavy atom. The van der Waals surface area contributed by atoms with Crippen molar-refractivity contribution in [3.8, 4) is 0 Å². The molecule has 0 amide bonds. The van der Waals surface area contributed by atoms with E-state index in [2.05, 4.69) is 15.1 Å². The molecule has 146 valence electrons. The topological polar surface area (TPSA) is 64.3 Å². The van der Waals surface area contributed by atoms with Gasteiger partial charge in [-0.15, -0.1) is 0 Å². The zero-order valence-corrected chi connectivity index (χ0v) is 15.0. The van der Waals surface area contributed by atoms with Crippen molar-refractivity contribution in [3.63, 3.8) is 0 Å². The molecule has 0 spiro atoms. The predicted octanol–water partition coefficient (Wildman–Crippen LogP) is 3.59. The van der Waals surface area contributed by atoms with Crippen LogP contribution < -0.4 is 4.90 Å². The van der Waals surface area contributed by atoms with E-state index >= 15 is 0 Å². The van der Waals surface area contributed by atoms with Crippen LogP contribution in [0.4, 0.5) is 19.0 Å². The molecule has 9 heteroatoms. The van der Waals surface area contributed by atoms with Gasteiger partial charge in [0.25, 0.3) is 0 Å². The summed E-state index contributed by atoms with van der Waals surface area (Å²) in [5.41, 5.74) is -2.95. The Morgan fingerprint density at radius 1 is 1.19 bits per heavy atom. The number of nitrogens with zero attached hydrogens (tertiary/aromatic N) is 4. The van der Waals surface area contributed by atoms with E-state index in [0.717, 1.165) is 12.8 Å². The highest BCUT2D eigenvalue weighted by molar-refractivity contribution is 5.42. The Labute approximate surface area is 154 Å². The first-order valence-electron chi connectivity index (χ1n) is 9.03. The SMILES string of the molecule is COC1(c2noc(C3(C(F)(F)F)CCN(c4ccccn4)C3)n2)CCCC1. The van der Waals surface area contributed by atoms with Gasteiger partial charge in [0, 0.05) is 26.4 Å². The Hall–Kier alpha value is -2.16. The van der Waals surface area contributed by atoms with Crippen molar-refractivity contribution in [2.24, 2.45) is 0 Å². The number of ether oxygens (including phenoxy) is 1. The molecule has 3 heterocycles. The summed E-state index contributed by atoms with van der Waals surface area (Å²) in [5, 5.41) is 3.90. The molecule has 4 rings (SSSR count). The third-order valence-electron chi connectivity index (χ3n) is 5.83. The molecule has 0 bridgehead atoms. The molecular weight excluding hydrogens is 361 g/mol. The Kier molecular flexibility index (Phi) is 4.37. The van der Waals surface area contributed by atoms with E-state index in [1.54, 1.807) is 36.4 Å². The minimum Gasteiger partial charge on any atom is -0.370 e. The van der Waals surface area contributed by atoms with E-state index < -0.39 is 17.2 Å². The summed E-state index contributed by atoms with van der Waals surface area (Å²) in [6, 6.07) is 5.18. The van der Waals surface area contributed by atoms with Gasteiger partial charge < -0.3 is 14.2 Å². The van der Waals surface area contributed by atoms with Crippen molar-refractivity contribution < 1.29 is 22.4 Å². The van der Waals surface area contributed by atoms with Crippen molar-refractivity contribution >= 4 is 5.82 Å². The molecule has 1 unspecified atom stereocenters. The molecule has 1 atom stereocenters. The van der Waals surface area contributed by atoms with Crippen molar-refractivity contribution in [1.82, 2.24) is 15.1 Å². The first-order valence-corrected chi connectivity index (χ1v) is 9.03. The van der Waals surface area contributed by atoms with Crippen molar-refractivity contribution in [3.05, 3.63) is 36.1 Å². The fraction of sp³-hybridized carbons (Fsp3) is 0.611. The van der Waals surface area contributed by atoms with Crippen molar-refractivity contribution in [1.29, 1.82) is 0 Å². The van der Waals surface area contributed by atoms with Crippen LogP contribution in [0.2, 0.25) is 0 Å². The number of hydrogen-bond donors (Lipinski definition) is 0. The summed E-state index contributed by atoms with van der Waals surface area (Å²) in [6.45, 7) is -0.0845. The lowest BCUT2D eigenvalue weighted by atomic mass is 9.86. The van der Waals surface area contributed by atoms with Crippen LogP contribution in [-0.2, 0) is 15.8 Å². The molecule has 0 radical (unpaired) electrons. The van der Waals surface area contributed by atoms with Gasteiger partial charge in [-0.25, -0.2) is 4.98 Å². The third kappa shape index (κ3) is 2.88. The number of halogens is 3. The largest absolute Gasteiger partial charge is 0.405 e. The van der Waals surface area contributed by atoms with E-state index in [9.17, 15) is 13.2 Å². The smallest absolute Gasteiger partial charge is 0.370 e. The highest BCUT2D eigenvalue weighted by atomic mass is 19.4. The second kappa shape index (κ2) is 6.47. The molecule has 1 aliphatic carbocycles. The lowest BCUT2D eigenvalue weighted by molar-refractivity contribution is -0.191. The van der Waals surface area contributed by atoms with Gasteiger partial charge >= 0.3 is 6.18 Å². The maximum atomic E-state index is 14.1. The number of methoxy groups -OCH3 is 1. The van der Waals surface area contributed by atoms with E-state index in [1.807, 2.05) is 0 Å². The van der Waals surface area contributed by atoms with Crippen LogP contribution in [0.25, 0.3) is 0 Å². The van der Waals surface area contributed by atoms with Crippen LogP contribution >= 0.6 is 0 Å². The maximum Gasteiger partial charge on any atom is 0.405 e. The quantitative estimate of drug-likeness (QED) is 0.805. The number of pyridine rings is 1. The Bertz CT molecular complexity index is 789. The second-order valence-corrected chi connectivity index (χ2v) is 7.27. The van der Waals surface area contributed by atoms with Crippen LogP contribution in [0.3, 0.4) is 0 Å². The number of aromatic nitrogens is 3. The van der Waals surface area contributed by atoms with Crippen LogP contribution in [0.15, 0.2) is 28.9 Å². The molecule has 6 nitrogen and oxygen atoms in total. The van der Waals surface area contributed by atoms with Gasteiger partial charge in [-0.3, -0.25) is 0 Å². The van der Waals surface area contributed by atoms with E-state index in [0.29, 0.717) is 18.7 Å². The van der Waals surface area contributed by atoms with Gasteiger partial charge in [-0.1, -0.05) is 11.2 Å². The molecule has 27 heavy (non-hydrogen) atoms. The first-order chi connectivity index (χ1) is 12.9. The monoisotopic (exact) mass is 382 g/mol. The molecule has 2 aromatic heterocycles. The highest BCUT2D eigenvalue weighted by Gasteiger charge is 2.63. The molecule has 2 aromatic rings. The van der Waals surface area contributed by atoms with Gasteiger partial charge in [0.2, 0.25) is 11.7 Å². The minimum absolute atomic E-state index is 0.158. The lowest BCUT2D eigenvalue weighted by Gasteiger charge is -2.28. The van der Waals surface area contributed by atoms with Crippen molar-refractivity contribution in [2.75, 3.05) is 25.1 Å². The summed E-state index contributed by atoms with van der Waals surface area (Å²) in [6.07, 6.45) is 0.107. The molecule has 1 aliphatic heterocycles. The number of alkyl halides is 3. The van der Waals surface area contributed by atoms with Crippen LogP contribution in [0.1, 0.15) is 43.8 Å². The summed E-state index contributed by atoms with van der Waals surface area (Å²) in [5.74, 6) is 0.344. The third-order valence-corrected chi connectivity index (χ3v) is 5.83. The second-order valence-electron chi connectivity index (χ2n) is 7.27. The molecule has 1 saturated heterocycles. The molecule has 2 aliphatic rings. The normalized spacial score (nSPS) is 25.3. The lowest BCUT2D eigenvalue weighted by Crippen LogP contribution is -2.45. The summed E-state index contributed by atoms with van der Waals surface area (Å²) < 4.78 is 53.2. The van der Waals surface area contributed by atoms with E-state index in [-0.39, 0.29) is 31.2 Å². The van der Waals surface area contributed by atoms with Gasteiger partial charge in [0.1, 0.15) is 11.4 Å². The zero-order chi connectivity index (χ0) is 19.1. The van der Waals surface area contributed by atoms with E-state index in [1.165, 1.54) is 0 Å². The fourth-order valence-electron chi connectivity index (χ4n) is 4.14. The average Bonchev–Trinajstić information content (AvgIpc) is 3.40. The molecule has 0 N–H and O–H groups in total. The zero-order valence-electron chi connectivity index (χ0n) is 15.0. The van der Waals surface area contributed by atoms with Gasteiger partial charge in [0.05, 0.1) is 0 Å². The van der Waals surface area contributed by atoms with Gasteiger partial charge in [-0.05, 0) is 44.2 Å². The number of anilines is 1. The predicted molar refractivity (Wildman–Crippen MR) is 90.3 cm³/mol. The number of hydrogen-bond acceptors (Lipinski definition) is 6. The van der Waals surface area contributed by atoms with Crippen LogP contribution in [0, 0.1) is 0 Å². The molecule has 0 aromatic carbocycles. The van der Waals surface area contributed by atoms with E-state index in [4.69, 9.17) is 9.26 Å². The highest BCUT2D eigenvalue weighted by Crippen LogP contribution is 2.49. The molecule has 1 saturated carbocycles. The summed E-state index contributed by atoms with van der Waals surface area (Å²) in [7, 11) is 1.54. The molecule has 2 fully saturated rings. The van der Waals surface area contributed by atoms with Gasteiger partial charge in [-0.2, -0.15) is 18.2 Å². The van der Waals surface area contributed by atoms with Crippen molar-refractivity contribution in [2.45, 2.75) is 49.3 Å². The molecular formula is C18H21F3N4O2. The Balaban J connectivity index is 1.68. The first kappa shape index (κ1) is 18.2. The average molecular weight is 382 g/mol. The Morgan fingerprint density at radius 3 is 2.59 bits per heavy atom.